The highest BCUT2D eigenvalue weighted by Crippen LogP contribution is 2.21. The molecule has 1 aromatic carbocycles. The summed E-state index contributed by atoms with van der Waals surface area (Å²) >= 11 is 0. The van der Waals surface area contributed by atoms with Gasteiger partial charge in [0.25, 0.3) is 0 Å². The largest absolute Gasteiger partial charge is 0.491 e. The fourth-order valence-electron chi connectivity index (χ4n) is 3.27. The molecule has 1 N–H and O–H groups in total. The third-order valence-corrected chi connectivity index (χ3v) is 4.12. The molecule has 3 atom stereocenters. The maximum Gasteiger partial charge on any atom is 0.159 e. The Morgan fingerprint density at radius 3 is 2.41 bits per heavy atom. The van der Waals surface area contributed by atoms with E-state index in [4.69, 9.17) is 4.74 Å². The second kappa shape index (κ2) is 7.75. The molecule has 1 saturated heterocycles. The highest BCUT2D eigenvalue weighted by atomic mass is 16.5. The molecule has 1 aromatic rings. The summed E-state index contributed by atoms with van der Waals surface area (Å²) < 4.78 is 5.61. The van der Waals surface area contributed by atoms with Gasteiger partial charge >= 0.3 is 0 Å². The first-order valence-electron chi connectivity index (χ1n) is 8.08. The Labute approximate surface area is 133 Å². The van der Waals surface area contributed by atoms with Gasteiger partial charge in [-0.25, -0.2) is 0 Å². The lowest BCUT2D eigenvalue weighted by molar-refractivity contribution is 0.0429. The van der Waals surface area contributed by atoms with Crippen LogP contribution >= 0.6 is 0 Å². The molecule has 0 amide bonds. The Kier molecular flexibility index (Phi) is 5.98. The van der Waals surface area contributed by atoms with Gasteiger partial charge < -0.3 is 14.7 Å². The van der Waals surface area contributed by atoms with Crippen molar-refractivity contribution in [1.29, 1.82) is 0 Å². The number of carbonyl (C=O) groups is 1. The van der Waals surface area contributed by atoms with Gasteiger partial charge in [-0.05, 0) is 49.4 Å². The van der Waals surface area contributed by atoms with Crippen molar-refractivity contribution in [3.05, 3.63) is 29.8 Å². The van der Waals surface area contributed by atoms with Crippen molar-refractivity contribution in [1.82, 2.24) is 4.90 Å². The van der Waals surface area contributed by atoms with Gasteiger partial charge in [-0.15, -0.1) is 0 Å². The number of Topliss-reactive ketones (excluding diaryl/α,β-unsaturated/α-hetero) is 1. The van der Waals surface area contributed by atoms with Crippen molar-refractivity contribution in [2.45, 2.75) is 33.3 Å². The van der Waals surface area contributed by atoms with Crippen LogP contribution < -0.4 is 4.74 Å². The van der Waals surface area contributed by atoms with Crippen LogP contribution in [0.15, 0.2) is 24.3 Å². The zero-order valence-electron chi connectivity index (χ0n) is 13.8. The maximum absolute atomic E-state index is 11.2. The van der Waals surface area contributed by atoms with Gasteiger partial charge in [0.1, 0.15) is 18.5 Å². The molecule has 1 aliphatic heterocycles. The van der Waals surface area contributed by atoms with E-state index in [2.05, 4.69) is 18.7 Å². The van der Waals surface area contributed by atoms with Crippen molar-refractivity contribution < 1.29 is 14.6 Å². The SMILES string of the molecule is CC(=O)c1ccc(OC[C@@H](O)CN2C[C@H](C)C[C@@H](C)C2)cc1. The van der Waals surface area contributed by atoms with Gasteiger partial charge in [0, 0.05) is 25.2 Å². The molecular formula is C18H27NO3. The Bertz CT molecular complexity index is 476. The van der Waals surface area contributed by atoms with E-state index in [1.165, 1.54) is 6.42 Å². The number of aliphatic hydroxyl groups excluding tert-OH is 1. The Morgan fingerprint density at radius 1 is 1.27 bits per heavy atom. The second-order valence-corrected chi connectivity index (χ2v) is 6.71. The second-order valence-electron chi connectivity index (χ2n) is 6.71. The van der Waals surface area contributed by atoms with Crippen LogP contribution in [0.2, 0.25) is 0 Å². The van der Waals surface area contributed by atoms with E-state index in [0.29, 0.717) is 29.7 Å². The smallest absolute Gasteiger partial charge is 0.159 e. The van der Waals surface area contributed by atoms with E-state index in [0.717, 1.165) is 13.1 Å². The van der Waals surface area contributed by atoms with Crippen molar-refractivity contribution in [2.24, 2.45) is 11.8 Å². The summed E-state index contributed by atoms with van der Waals surface area (Å²) in [5.41, 5.74) is 0.671. The van der Waals surface area contributed by atoms with Gasteiger partial charge in [0.2, 0.25) is 0 Å². The average molecular weight is 305 g/mol. The number of nitrogens with zero attached hydrogens (tertiary/aromatic N) is 1. The van der Waals surface area contributed by atoms with E-state index in [-0.39, 0.29) is 12.4 Å². The van der Waals surface area contributed by atoms with Gasteiger partial charge in [-0.2, -0.15) is 0 Å². The number of benzene rings is 1. The lowest BCUT2D eigenvalue weighted by Gasteiger charge is -2.35. The number of carbonyl (C=O) groups excluding carboxylic acids is 1. The minimum Gasteiger partial charge on any atom is -0.491 e. The van der Waals surface area contributed by atoms with Gasteiger partial charge in [-0.1, -0.05) is 13.8 Å². The average Bonchev–Trinajstić information content (AvgIpc) is 2.44. The summed E-state index contributed by atoms with van der Waals surface area (Å²) in [6.45, 7) is 9.10. The summed E-state index contributed by atoms with van der Waals surface area (Å²) in [7, 11) is 0. The first-order chi connectivity index (χ1) is 10.4. The Hall–Kier alpha value is -1.39. The molecule has 2 rings (SSSR count). The molecule has 1 aliphatic rings. The normalized spacial score (nSPS) is 24.0. The van der Waals surface area contributed by atoms with Crippen molar-refractivity contribution >= 4 is 5.78 Å². The molecule has 1 heterocycles. The minimum atomic E-state index is -0.495. The first kappa shape index (κ1) is 17.0. The molecule has 22 heavy (non-hydrogen) atoms. The molecule has 0 saturated carbocycles. The molecule has 0 spiro atoms. The molecule has 4 nitrogen and oxygen atoms in total. The molecule has 0 radical (unpaired) electrons. The quantitative estimate of drug-likeness (QED) is 0.821. The molecular weight excluding hydrogens is 278 g/mol. The Balaban J connectivity index is 1.77. The van der Waals surface area contributed by atoms with Crippen LogP contribution in [0.25, 0.3) is 0 Å². The van der Waals surface area contributed by atoms with Crippen molar-refractivity contribution in [3.63, 3.8) is 0 Å². The molecule has 0 unspecified atom stereocenters. The highest BCUT2D eigenvalue weighted by Gasteiger charge is 2.23. The summed E-state index contributed by atoms with van der Waals surface area (Å²) in [5, 5.41) is 10.2. The molecule has 4 heteroatoms. The summed E-state index contributed by atoms with van der Waals surface area (Å²) in [4.78, 5) is 13.5. The van der Waals surface area contributed by atoms with Crippen LogP contribution in [-0.2, 0) is 0 Å². The number of likely N-dealkylation sites (tertiary alicyclic amines) is 1. The predicted molar refractivity (Wildman–Crippen MR) is 87.3 cm³/mol. The predicted octanol–water partition coefficient (Wildman–Crippen LogP) is 2.61. The number of piperidine rings is 1. The van der Waals surface area contributed by atoms with E-state index >= 15 is 0 Å². The van der Waals surface area contributed by atoms with Crippen LogP contribution in [0.5, 0.6) is 5.75 Å². The van der Waals surface area contributed by atoms with Crippen LogP contribution in [0.1, 0.15) is 37.6 Å². The van der Waals surface area contributed by atoms with E-state index in [1.54, 1.807) is 31.2 Å². The number of ether oxygens (including phenoxy) is 1. The lowest BCUT2D eigenvalue weighted by atomic mass is 9.92. The topological polar surface area (TPSA) is 49.8 Å². The van der Waals surface area contributed by atoms with Gasteiger partial charge in [0.05, 0.1) is 0 Å². The highest BCUT2D eigenvalue weighted by molar-refractivity contribution is 5.94. The van der Waals surface area contributed by atoms with Crippen LogP contribution in [0, 0.1) is 11.8 Å². The van der Waals surface area contributed by atoms with E-state index < -0.39 is 6.10 Å². The molecule has 0 aliphatic carbocycles. The molecule has 1 fully saturated rings. The summed E-state index contributed by atoms with van der Waals surface area (Å²) in [6, 6.07) is 7.04. The number of aliphatic hydroxyl groups is 1. The van der Waals surface area contributed by atoms with E-state index in [1.807, 2.05) is 0 Å². The van der Waals surface area contributed by atoms with Crippen LogP contribution in [-0.4, -0.2) is 48.1 Å². The first-order valence-corrected chi connectivity index (χ1v) is 8.08. The Morgan fingerprint density at radius 2 is 1.86 bits per heavy atom. The number of hydrogen-bond donors (Lipinski definition) is 1. The van der Waals surface area contributed by atoms with Gasteiger partial charge in [0.15, 0.2) is 5.78 Å². The van der Waals surface area contributed by atoms with E-state index in [9.17, 15) is 9.90 Å². The lowest BCUT2D eigenvalue weighted by Crippen LogP contribution is -2.43. The summed E-state index contributed by atoms with van der Waals surface area (Å²) in [5.74, 6) is 2.11. The standard InChI is InChI=1S/C18H27NO3/c1-13-8-14(2)10-19(9-13)11-17(21)12-22-18-6-4-16(5-7-18)15(3)20/h4-7,13-14,17,21H,8-12H2,1-3H3/t13-,14-,17+/m1/s1. The number of hydrogen-bond acceptors (Lipinski definition) is 4. The van der Waals surface area contributed by atoms with Crippen LogP contribution in [0.4, 0.5) is 0 Å². The zero-order valence-corrected chi connectivity index (χ0v) is 13.8. The fourth-order valence-corrected chi connectivity index (χ4v) is 3.27. The number of β-amino-alcohol motifs (C(OH)–C–C–N with tert-alkyl or cyclic N) is 1. The van der Waals surface area contributed by atoms with Crippen molar-refractivity contribution in [2.75, 3.05) is 26.2 Å². The van der Waals surface area contributed by atoms with Gasteiger partial charge in [-0.3, -0.25) is 4.79 Å². The monoisotopic (exact) mass is 305 g/mol. The summed E-state index contributed by atoms with van der Waals surface area (Å²) in [6.07, 6.45) is 0.774. The molecule has 0 bridgehead atoms. The number of rotatable bonds is 6. The number of ketones is 1. The van der Waals surface area contributed by atoms with Crippen molar-refractivity contribution in [3.8, 4) is 5.75 Å². The minimum absolute atomic E-state index is 0.0416. The third kappa shape index (κ3) is 5.11. The zero-order chi connectivity index (χ0) is 16.1. The fraction of sp³-hybridized carbons (Fsp3) is 0.611. The molecule has 0 aromatic heterocycles. The van der Waals surface area contributed by atoms with Crippen LogP contribution in [0.3, 0.4) is 0 Å². The third-order valence-electron chi connectivity index (χ3n) is 4.12. The molecule has 122 valence electrons. The maximum atomic E-state index is 11.2.